The number of hydrogen-bond donors (Lipinski definition) is 3. The third-order valence-electron chi connectivity index (χ3n) is 4.07. The van der Waals surface area contributed by atoms with Crippen molar-refractivity contribution in [1.82, 2.24) is 10.2 Å². The minimum atomic E-state index is -0.922. The molecule has 136 valence electrons. The third-order valence-corrected chi connectivity index (χ3v) is 4.07. The van der Waals surface area contributed by atoms with Crippen molar-refractivity contribution in [3.8, 4) is 5.75 Å². The van der Waals surface area contributed by atoms with Crippen molar-refractivity contribution in [2.24, 2.45) is 0 Å². The zero-order valence-electron chi connectivity index (χ0n) is 14.4. The number of carbonyl (C=O) groups is 3. The number of nitrogens with zero attached hydrogens (tertiary/aromatic N) is 1. The average molecular weight is 349 g/mol. The minimum absolute atomic E-state index is 0.0297. The zero-order valence-corrected chi connectivity index (χ0v) is 14.4. The second-order valence-electron chi connectivity index (χ2n) is 6.00. The maximum absolute atomic E-state index is 12.0. The number of methoxy groups -OCH3 is 1. The summed E-state index contributed by atoms with van der Waals surface area (Å²) >= 11 is 0. The van der Waals surface area contributed by atoms with E-state index in [4.69, 9.17) is 9.84 Å². The lowest BCUT2D eigenvalue weighted by Gasteiger charge is -2.20. The monoisotopic (exact) mass is 349 g/mol. The van der Waals surface area contributed by atoms with Crippen LogP contribution >= 0.6 is 0 Å². The smallest absolute Gasteiger partial charge is 0.320 e. The Hall–Kier alpha value is -2.61. The van der Waals surface area contributed by atoms with Crippen molar-refractivity contribution in [2.75, 3.05) is 32.1 Å². The van der Waals surface area contributed by atoms with Crippen LogP contribution in [0, 0.1) is 6.92 Å². The molecule has 0 saturated carbocycles. The first kappa shape index (κ1) is 18.7. The van der Waals surface area contributed by atoms with E-state index in [9.17, 15) is 14.4 Å². The summed E-state index contributed by atoms with van der Waals surface area (Å²) in [5.41, 5.74) is 1.50. The van der Waals surface area contributed by atoms with Crippen molar-refractivity contribution < 1.29 is 24.2 Å². The van der Waals surface area contributed by atoms with Gasteiger partial charge in [0, 0.05) is 0 Å². The van der Waals surface area contributed by atoms with Crippen molar-refractivity contribution >= 4 is 23.5 Å². The van der Waals surface area contributed by atoms with Gasteiger partial charge in [-0.05, 0) is 44.0 Å². The first-order valence-electron chi connectivity index (χ1n) is 8.08. The summed E-state index contributed by atoms with van der Waals surface area (Å²) in [6, 6.07) is 4.77. The largest absolute Gasteiger partial charge is 0.495 e. The van der Waals surface area contributed by atoms with Crippen LogP contribution in [0.3, 0.4) is 0 Å². The summed E-state index contributed by atoms with van der Waals surface area (Å²) in [4.78, 5) is 36.7. The van der Waals surface area contributed by atoms with E-state index in [0.717, 1.165) is 12.0 Å². The number of anilines is 1. The number of carboxylic acids is 1. The van der Waals surface area contributed by atoms with E-state index < -0.39 is 12.0 Å². The summed E-state index contributed by atoms with van der Waals surface area (Å²) in [5, 5.41) is 14.3. The number of carboxylic acid groups (broad SMARTS) is 1. The standard InChI is InChI=1S/C17H23N3O5/c1-11-5-6-14(25-2)12(8-11)19-15(21)9-18-16(22)10-20-7-3-4-13(20)17(23)24/h5-6,8,13H,3-4,7,9-10H2,1-2H3,(H,18,22)(H,19,21)(H,23,24)/t13-/m0/s1. The van der Waals surface area contributed by atoms with Gasteiger partial charge in [-0.25, -0.2) is 0 Å². The van der Waals surface area contributed by atoms with E-state index in [1.807, 2.05) is 13.0 Å². The van der Waals surface area contributed by atoms with Gasteiger partial charge in [0.2, 0.25) is 11.8 Å². The van der Waals surface area contributed by atoms with Gasteiger partial charge in [-0.2, -0.15) is 0 Å². The number of nitrogens with one attached hydrogen (secondary N) is 2. The molecule has 1 heterocycles. The molecule has 1 saturated heterocycles. The normalized spacial score (nSPS) is 17.1. The van der Waals surface area contributed by atoms with Crippen LogP contribution in [0.5, 0.6) is 5.75 Å². The Morgan fingerprint density at radius 3 is 2.76 bits per heavy atom. The van der Waals surface area contributed by atoms with Crippen LogP contribution < -0.4 is 15.4 Å². The summed E-state index contributed by atoms with van der Waals surface area (Å²) < 4.78 is 5.19. The van der Waals surface area contributed by atoms with E-state index in [-0.39, 0.29) is 24.9 Å². The van der Waals surface area contributed by atoms with Gasteiger partial charge in [0.1, 0.15) is 11.8 Å². The number of carbonyl (C=O) groups excluding carboxylic acids is 2. The highest BCUT2D eigenvalue weighted by molar-refractivity contribution is 5.96. The molecule has 1 aromatic rings. The summed E-state index contributed by atoms with van der Waals surface area (Å²) in [7, 11) is 1.51. The molecule has 25 heavy (non-hydrogen) atoms. The van der Waals surface area contributed by atoms with E-state index in [0.29, 0.717) is 24.4 Å². The quantitative estimate of drug-likeness (QED) is 0.666. The molecule has 3 N–H and O–H groups in total. The Kier molecular flexibility index (Phi) is 6.35. The predicted octanol–water partition coefficient (Wildman–Crippen LogP) is 0.607. The second kappa shape index (κ2) is 8.48. The van der Waals surface area contributed by atoms with Gasteiger partial charge in [0.15, 0.2) is 0 Å². The Morgan fingerprint density at radius 1 is 1.32 bits per heavy atom. The lowest BCUT2D eigenvalue weighted by atomic mass is 10.2. The second-order valence-corrected chi connectivity index (χ2v) is 6.00. The molecule has 1 aromatic carbocycles. The van der Waals surface area contributed by atoms with Crippen LogP contribution in [-0.2, 0) is 14.4 Å². The molecule has 2 amide bonds. The predicted molar refractivity (Wildman–Crippen MR) is 91.6 cm³/mol. The number of aryl methyl sites for hydroxylation is 1. The molecule has 0 aliphatic carbocycles. The van der Waals surface area contributed by atoms with E-state index in [1.165, 1.54) is 7.11 Å². The first-order valence-corrected chi connectivity index (χ1v) is 8.08. The molecule has 0 unspecified atom stereocenters. The molecule has 0 spiro atoms. The highest BCUT2D eigenvalue weighted by Crippen LogP contribution is 2.24. The maximum atomic E-state index is 12.0. The van der Waals surface area contributed by atoms with Crippen molar-refractivity contribution in [2.45, 2.75) is 25.8 Å². The van der Waals surface area contributed by atoms with Gasteiger partial charge in [0.05, 0.1) is 25.9 Å². The average Bonchev–Trinajstić information content (AvgIpc) is 3.01. The SMILES string of the molecule is COc1ccc(C)cc1NC(=O)CNC(=O)CN1CCC[C@H]1C(=O)O. The Balaban J connectivity index is 1.83. The van der Waals surface area contributed by atoms with Crippen molar-refractivity contribution in [3.63, 3.8) is 0 Å². The molecule has 1 aliphatic heterocycles. The molecular formula is C17H23N3O5. The third kappa shape index (κ3) is 5.18. The van der Waals surface area contributed by atoms with Gasteiger partial charge in [-0.1, -0.05) is 6.07 Å². The Morgan fingerprint density at radius 2 is 2.08 bits per heavy atom. The molecule has 0 bridgehead atoms. The fourth-order valence-electron chi connectivity index (χ4n) is 2.83. The fraction of sp³-hybridized carbons (Fsp3) is 0.471. The lowest BCUT2D eigenvalue weighted by Crippen LogP contribution is -2.44. The van der Waals surface area contributed by atoms with Crippen molar-refractivity contribution in [1.29, 1.82) is 0 Å². The number of rotatable bonds is 7. The van der Waals surface area contributed by atoms with Crippen LogP contribution in [0.15, 0.2) is 18.2 Å². The van der Waals surface area contributed by atoms with Gasteiger partial charge >= 0.3 is 5.97 Å². The summed E-state index contributed by atoms with van der Waals surface area (Å²) in [6.07, 6.45) is 1.29. The number of likely N-dealkylation sites (tertiary alicyclic amines) is 1. The fourth-order valence-corrected chi connectivity index (χ4v) is 2.83. The van der Waals surface area contributed by atoms with Crippen molar-refractivity contribution in [3.05, 3.63) is 23.8 Å². The van der Waals surface area contributed by atoms with Gasteiger partial charge in [-0.15, -0.1) is 0 Å². The van der Waals surface area contributed by atoms with E-state index in [1.54, 1.807) is 17.0 Å². The number of aliphatic carboxylic acids is 1. The van der Waals surface area contributed by atoms with Gasteiger partial charge in [0.25, 0.3) is 0 Å². The molecule has 8 nitrogen and oxygen atoms in total. The highest BCUT2D eigenvalue weighted by Gasteiger charge is 2.31. The van der Waals surface area contributed by atoms with Crippen LogP contribution in [-0.4, -0.2) is 60.6 Å². The summed E-state index contributed by atoms with van der Waals surface area (Å²) in [5.74, 6) is -1.14. The zero-order chi connectivity index (χ0) is 18.4. The van der Waals surface area contributed by atoms with E-state index >= 15 is 0 Å². The molecule has 1 fully saturated rings. The first-order chi connectivity index (χ1) is 11.9. The molecule has 1 aliphatic rings. The maximum Gasteiger partial charge on any atom is 0.320 e. The lowest BCUT2D eigenvalue weighted by molar-refractivity contribution is -0.142. The molecule has 0 aromatic heterocycles. The number of amides is 2. The van der Waals surface area contributed by atoms with Crippen LogP contribution in [0.25, 0.3) is 0 Å². The molecular weight excluding hydrogens is 326 g/mol. The molecule has 2 rings (SSSR count). The van der Waals surface area contributed by atoms with Crippen LogP contribution in [0.1, 0.15) is 18.4 Å². The van der Waals surface area contributed by atoms with Gasteiger partial charge < -0.3 is 20.5 Å². The molecule has 8 heteroatoms. The number of benzene rings is 1. The molecule has 1 atom stereocenters. The highest BCUT2D eigenvalue weighted by atomic mass is 16.5. The molecule has 0 radical (unpaired) electrons. The van der Waals surface area contributed by atoms with Crippen LogP contribution in [0.4, 0.5) is 5.69 Å². The Labute approximate surface area is 146 Å². The van der Waals surface area contributed by atoms with Crippen LogP contribution in [0.2, 0.25) is 0 Å². The van der Waals surface area contributed by atoms with E-state index in [2.05, 4.69) is 10.6 Å². The minimum Gasteiger partial charge on any atom is -0.495 e. The Bertz CT molecular complexity index is 662. The number of hydrogen-bond acceptors (Lipinski definition) is 5. The topological polar surface area (TPSA) is 108 Å². The number of ether oxygens (including phenoxy) is 1. The van der Waals surface area contributed by atoms with Gasteiger partial charge in [-0.3, -0.25) is 19.3 Å². The summed E-state index contributed by atoms with van der Waals surface area (Å²) in [6.45, 7) is 2.24.